The van der Waals surface area contributed by atoms with E-state index in [1.54, 1.807) is 36.4 Å². The number of primary amides is 1. The number of nitrogens with two attached hydrogens (primary N) is 1. The van der Waals surface area contributed by atoms with E-state index in [1.807, 2.05) is 6.07 Å². The summed E-state index contributed by atoms with van der Waals surface area (Å²) in [5, 5.41) is 13.1. The smallest absolute Gasteiger partial charge is 0.255 e. The first-order valence-electron chi connectivity index (χ1n) is 8.50. The van der Waals surface area contributed by atoms with Crippen LogP contribution in [0.5, 0.6) is 11.5 Å². The van der Waals surface area contributed by atoms with Crippen LogP contribution in [-0.2, 0) is 11.3 Å². The number of carbonyl (C=O) groups is 1. The van der Waals surface area contributed by atoms with Crippen LogP contribution in [0.4, 0.5) is 5.69 Å². The van der Waals surface area contributed by atoms with Crippen molar-refractivity contribution in [3.8, 4) is 17.6 Å². The number of nitriles is 1. The first-order valence-corrected chi connectivity index (χ1v) is 8.88. The van der Waals surface area contributed by atoms with Crippen molar-refractivity contribution < 1.29 is 14.3 Å². The molecule has 0 fully saturated rings. The minimum absolute atomic E-state index is 0.192. The molecule has 0 aliphatic heterocycles. The van der Waals surface area contributed by atoms with Gasteiger partial charge in [0.1, 0.15) is 22.6 Å². The van der Waals surface area contributed by atoms with E-state index < -0.39 is 5.91 Å². The number of rotatable bonds is 7. The Morgan fingerprint density at radius 2 is 2.07 bits per heavy atom. The largest absolute Gasteiger partial charge is 0.495 e. The first-order chi connectivity index (χ1) is 13.9. The quantitative estimate of drug-likeness (QED) is 0.546. The molecule has 9 heteroatoms. The number of benzene rings is 2. The van der Waals surface area contributed by atoms with Crippen molar-refractivity contribution in [2.45, 2.75) is 6.54 Å². The molecule has 0 saturated heterocycles. The van der Waals surface area contributed by atoms with Gasteiger partial charge in [0.15, 0.2) is 6.61 Å². The summed E-state index contributed by atoms with van der Waals surface area (Å²) in [6.07, 6.45) is 0. The summed E-state index contributed by atoms with van der Waals surface area (Å²) in [6, 6.07) is 12.1. The lowest BCUT2D eigenvalue weighted by molar-refractivity contribution is -0.119. The molecule has 29 heavy (non-hydrogen) atoms. The van der Waals surface area contributed by atoms with Gasteiger partial charge in [-0.05, 0) is 30.3 Å². The average molecular weight is 413 g/mol. The number of anilines is 1. The maximum Gasteiger partial charge on any atom is 0.255 e. The van der Waals surface area contributed by atoms with Gasteiger partial charge in [-0.2, -0.15) is 5.26 Å². The Kier molecular flexibility index (Phi) is 5.90. The topological polar surface area (TPSA) is 130 Å². The van der Waals surface area contributed by atoms with E-state index in [-0.39, 0.29) is 29.5 Å². The number of H-pyrrole nitrogens is 1. The minimum atomic E-state index is -0.629. The molecule has 1 heterocycles. The van der Waals surface area contributed by atoms with E-state index in [9.17, 15) is 9.59 Å². The maximum absolute atomic E-state index is 12.5. The van der Waals surface area contributed by atoms with Crippen LogP contribution < -0.4 is 26.1 Å². The monoisotopic (exact) mass is 412 g/mol. The molecule has 1 amide bonds. The fourth-order valence-electron chi connectivity index (χ4n) is 2.75. The molecular formula is C20H17ClN4O4. The number of fused-ring (bicyclic) bond motifs is 1. The Morgan fingerprint density at radius 3 is 2.76 bits per heavy atom. The van der Waals surface area contributed by atoms with E-state index in [4.69, 9.17) is 32.1 Å². The lowest BCUT2D eigenvalue weighted by Crippen LogP contribution is -2.20. The van der Waals surface area contributed by atoms with Gasteiger partial charge in [0.05, 0.1) is 18.2 Å². The van der Waals surface area contributed by atoms with Crippen LogP contribution in [-0.4, -0.2) is 24.6 Å². The van der Waals surface area contributed by atoms with Gasteiger partial charge in [-0.15, -0.1) is 0 Å². The lowest BCUT2D eigenvalue weighted by Gasteiger charge is -2.11. The van der Waals surface area contributed by atoms with Gasteiger partial charge in [0.25, 0.3) is 11.5 Å². The van der Waals surface area contributed by atoms with Gasteiger partial charge in [-0.1, -0.05) is 11.6 Å². The second kappa shape index (κ2) is 8.54. The highest BCUT2D eigenvalue weighted by molar-refractivity contribution is 6.36. The second-order valence-corrected chi connectivity index (χ2v) is 6.48. The summed E-state index contributed by atoms with van der Waals surface area (Å²) in [5.41, 5.74) is 6.77. The van der Waals surface area contributed by atoms with Gasteiger partial charge < -0.3 is 25.5 Å². The Labute approximate surface area is 170 Å². The van der Waals surface area contributed by atoms with E-state index in [2.05, 4.69) is 10.3 Å². The molecule has 0 radical (unpaired) electrons. The van der Waals surface area contributed by atoms with Gasteiger partial charge in [0.2, 0.25) is 0 Å². The van der Waals surface area contributed by atoms with Crippen LogP contribution in [0.1, 0.15) is 11.1 Å². The number of aromatic amines is 1. The highest BCUT2D eigenvalue weighted by Crippen LogP contribution is 2.31. The summed E-state index contributed by atoms with van der Waals surface area (Å²) in [6.45, 7) is -0.0661. The molecule has 0 bridgehead atoms. The van der Waals surface area contributed by atoms with Crippen LogP contribution in [0.2, 0.25) is 5.02 Å². The number of pyridine rings is 1. The van der Waals surface area contributed by atoms with Crippen molar-refractivity contribution in [1.29, 1.82) is 5.26 Å². The zero-order chi connectivity index (χ0) is 21.0. The Balaban J connectivity index is 1.85. The fraction of sp³-hybridized carbons (Fsp3) is 0.150. The van der Waals surface area contributed by atoms with Gasteiger partial charge >= 0.3 is 0 Å². The number of halogens is 1. The molecule has 3 rings (SSSR count). The molecule has 2 aromatic carbocycles. The highest BCUT2D eigenvalue weighted by Gasteiger charge is 2.12. The molecule has 0 aliphatic carbocycles. The zero-order valence-corrected chi connectivity index (χ0v) is 16.2. The Hall–Kier alpha value is -3.70. The van der Waals surface area contributed by atoms with E-state index >= 15 is 0 Å². The number of methoxy groups -OCH3 is 1. The van der Waals surface area contributed by atoms with Gasteiger partial charge in [0, 0.05) is 29.2 Å². The molecule has 0 aliphatic rings. The number of nitrogens with zero attached hydrogens (tertiary/aromatic N) is 1. The minimum Gasteiger partial charge on any atom is -0.495 e. The normalized spacial score (nSPS) is 10.4. The molecule has 3 aromatic rings. The lowest BCUT2D eigenvalue weighted by atomic mass is 10.1. The average Bonchev–Trinajstić information content (AvgIpc) is 2.72. The molecule has 0 atom stereocenters. The predicted molar refractivity (Wildman–Crippen MR) is 109 cm³/mol. The van der Waals surface area contributed by atoms with Crippen molar-refractivity contribution in [3.05, 3.63) is 62.9 Å². The molecule has 0 spiro atoms. The summed E-state index contributed by atoms with van der Waals surface area (Å²) in [7, 11) is 1.49. The molecule has 1 aromatic heterocycles. The van der Waals surface area contributed by atoms with E-state index in [1.165, 1.54) is 7.11 Å². The molecule has 0 saturated carbocycles. The summed E-state index contributed by atoms with van der Waals surface area (Å²) >= 11 is 6.28. The van der Waals surface area contributed by atoms with Crippen LogP contribution in [0.3, 0.4) is 0 Å². The summed E-state index contributed by atoms with van der Waals surface area (Å²) in [4.78, 5) is 26.1. The fourth-order valence-corrected chi connectivity index (χ4v) is 3.02. The third-order valence-corrected chi connectivity index (χ3v) is 4.55. The number of nitrogens with one attached hydrogen (secondary N) is 2. The van der Waals surface area contributed by atoms with E-state index in [0.29, 0.717) is 33.5 Å². The predicted octanol–water partition coefficient (Wildman–Crippen LogP) is 2.54. The van der Waals surface area contributed by atoms with Crippen molar-refractivity contribution in [2.75, 3.05) is 19.0 Å². The third-order valence-electron chi connectivity index (χ3n) is 4.17. The van der Waals surface area contributed by atoms with Crippen LogP contribution >= 0.6 is 11.6 Å². The Morgan fingerprint density at radius 1 is 1.28 bits per heavy atom. The van der Waals surface area contributed by atoms with E-state index in [0.717, 1.165) is 0 Å². The number of hydrogen-bond donors (Lipinski definition) is 3. The van der Waals surface area contributed by atoms with Crippen LogP contribution in [0, 0.1) is 11.3 Å². The van der Waals surface area contributed by atoms with Crippen molar-refractivity contribution in [3.63, 3.8) is 0 Å². The molecule has 148 valence electrons. The van der Waals surface area contributed by atoms with Crippen molar-refractivity contribution >= 4 is 34.1 Å². The number of carbonyl (C=O) groups excluding carboxylic acids is 1. The SMILES string of the molecule is COc1cc(NCc2cc3ccc(OCC(N)=O)c(Cl)c3[nH]c2=O)ccc1C#N. The Bertz CT molecular complexity index is 1180. The second-order valence-electron chi connectivity index (χ2n) is 6.10. The first kappa shape index (κ1) is 20.0. The highest BCUT2D eigenvalue weighted by atomic mass is 35.5. The van der Waals surface area contributed by atoms with Crippen molar-refractivity contribution in [2.24, 2.45) is 5.73 Å². The summed E-state index contributed by atoms with van der Waals surface area (Å²) < 4.78 is 10.4. The van der Waals surface area contributed by atoms with Crippen LogP contribution in [0.15, 0.2) is 41.2 Å². The molecule has 0 unspecified atom stereocenters. The number of aromatic nitrogens is 1. The summed E-state index contributed by atoms with van der Waals surface area (Å²) in [5.74, 6) is 0.0693. The molecular weight excluding hydrogens is 396 g/mol. The maximum atomic E-state index is 12.5. The number of amides is 1. The van der Waals surface area contributed by atoms with Gasteiger partial charge in [-0.3, -0.25) is 9.59 Å². The zero-order valence-electron chi connectivity index (χ0n) is 15.4. The van der Waals surface area contributed by atoms with Crippen molar-refractivity contribution in [1.82, 2.24) is 4.98 Å². The standard InChI is InChI=1S/C20H17ClN4O4/c1-28-16-7-14(4-2-12(16)8-22)24-9-13-6-11-3-5-15(29-10-17(23)26)18(21)19(11)25-20(13)27/h2-7,24H,9-10H2,1H3,(H2,23,26)(H,25,27). The van der Waals surface area contributed by atoms with Crippen LogP contribution in [0.25, 0.3) is 10.9 Å². The number of hydrogen-bond acceptors (Lipinski definition) is 6. The number of ether oxygens (including phenoxy) is 2. The third kappa shape index (κ3) is 4.42. The molecule has 4 N–H and O–H groups in total. The molecule has 8 nitrogen and oxygen atoms in total. The van der Waals surface area contributed by atoms with Gasteiger partial charge in [-0.25, -0.2) is 0 Å².